The number of hydrogen-bond donors (Lipinski definition) is 1. The zero-order valence-corrected chi connectivity index (χ0v) is 14.5. The third-order valence-corrected chi connectivity index (χ3v) is 5.39. The summed E-state index contributed by atoms with van der Waals surface area (Å²) in [5, 5.41) is 10.4. The van der Waals surface area contributed by atoms with Gasteiger partial charge in [-0.25, -0.2) is 0 Å². The van der Waals surface area contributed by atoms with E-state index < -0.39 is 0 Å². The molecule has 1 nitrogen and oxygen atoms in total. The minimum absolute atomic E-state index is 0.0258. The fourth-order valence-electron chi connectivity index (χ4n) is 3.74. The van der Waals surface area contributed by atoms with Crippen LogP contribution in [0.5, 0.6) is 0 Å². The summed E-state index contributed by atoms with van der Waals surface area (Å²) >= 11 is 0. The molecule has 1 rings (SSSR count). The Hall–Kier alpha value is -0.0400. The third-order valence-electron chi connectivity index (χ3n) is 5.39. The lowest BCUT2D eigenvalue weighted by molar-refractivity contribution is 0.0465. The van der Waals surface area contributed by atoms with Crippen LogP contribution < -0.4 is 0 Å². The van der Waals surface area contributed by atoms with Gasteiger partial charge in [-0.2, -0.15) is 0 Å². The molecule has 0 saturated heterocycles. The minimum Gasteiger partial charge on any atom is -0.393 e. The van der Waals surface area contributed by atoms with Crippen LogP contribution in [0.1, 0.15) is 98.3 Å². The topological polar surface area (TPSA) is 20.2 Å². The largest absolute Gasteiger partial charge is 0.393 e. The average molecular weight is 283 g/mol. The van der Waals surface area contributed by atoms with E-state index >= 15 is 0 Å². The standard InChI is InChI=1S/C19H38O/c1-5-6-7-8-9-10-11-18(20)16-12-14-17(15-13-16)19(2,3)4/h16-18,20H,5-15H2,1-4H3. The molecular weight excluding hydrogens is 244 g/mol. The molecule has 0 spiro atoms. The molecule has 1 aliphatic rings. The summed E-state index contributed by atoms with van der Waals surface area (Å²) in [5.41, 5.74) is 0.454. The van der Waals surface area contributed by atoms with Crippen molar-refractivity contribution in [1.29, 1.82) is 0 Å². The van der Waals surface area contributed by atoms with Crippen LogP contribution in [0.4, 0.5) is 0 Å². The Balaban J connectivity index is 2.11. The molecule has 0 radical (unpaired) electrons. The molecular formula is C19H38O. The summed E-state index contributed by atoms with van der Waals surface area (Å²) < 4.78 is 0. The molecule has 1 fully saturated rings. The highest BCUT2D eigenvalue weighted by atomic mass is 16.3. The van der Waals surface area contributed by atoms with Crippen LogP contribution in [-0.4, -0.2) is 11.2 Å². The molecule has 0 aromatic heterocycles. The first-order chi connectivity index (χ1) is 9.45. The molecule has 0 aromatic carbocycles. The fourth-order valence-corrected chi connectivity index (χ4v) is 3.74. The molecule has 1 atom stereocenters. The monoisotopic (exact) mass is 282 g/mol. The van der Waals surface area contributed by atoms with Crippen LogP contribution in [-0.2, 0) is 0 Å². The van der Waals surface area contributed by atoms with E-state index in [2.05, 4.69) is 27.7 Å². The summed E-state index contributed by atoms with van der Waals surface area (Å²) in [7, 11) is 0. The molecule has 0 aliphatic heterocycles. The van der Waals surface area contributed by atoms with Gasteiger partial charge in [0.2, 0.25) is 0 Å². The highest BCUT2D eigenvalue weighted by Gasteiger charge is 2.31. The van der Waals surface area contributed by atoms with Gasteiger partial charge in [-0.3, -0.25) is 0 Å². The first kappa shape index (κ1) is 18.0. The van der Waals surface area contributed by atoms with E-state index in [-0.39, 0.29) is 6.10 Å². The number of unbranched alkanes of at least 4 members (excludes halogenated alkanes) is 5. The number of hydrogen-bond acceptors (Lipinski definition) is 1. The van der Waals surface area contributed by atoms with Crippen molar-refractivity contribution in [2.45, 2.75) is 104 Å². The van der Waals surface area contributed by atoms with Crippen LogP contribution in [0.2, 0.25) is 0 Å². The van der Waals surface area contributed by atoms with E-state index in [0.717, 1.165) is 12.3 Å². The average Bonchev–Trinajstić information content (AvgIpc) is 2.41. The maximum atomic E-state index is 10.4. The molecule has 120 valence electrons. The van der Waals surface area contributed by atoms with E-state index in [0.29, 0.717) is 11.3 Å². The van der Waals surface area contributed by atoms with E-state index in [4.69, 9.17) is 0 Å². The van der Waals surface area contributed by atoms with Crippen LogP contribution in [0.3, 0.4) is 0 Å². The van der Waals surface area contributed by atoms with Crippen LogP contribution in [0.15, 0.2) is 0 Å². The highest BCUT2D eigenvalue weighted by molar-refractivity contribution is 4.83. The summed E-state index contributed by atoms with van der Waals surface area (Å²) in [6.45, 7) is 9.36. The van der Waals surface area contributed by atoms with Crippen molar-refractivity contribution in [3.63, 3.8) is 0 Å². The Morgan fingerprint density at radius 2 is 1.45 bits per heavy atom. The van der Waals surface area contributed by atoms with Gasteiger partial charge in [0.05, 0.1) is 6.10 Å². The third kappa shape index (κ3) is 6.61. The van der Waals surface area contributed by atoms with E-state index in [1.54, 1.807) is 0 Å². The van der Waals surface area contributed by atoms with E-state index in [9.17, 15) is 5.11 Å². The van der Waals surface area contributed by atoms with Crippen molar-refractivity contribution in [3.8, 4) is 0 Å². The predicted molar refractivity (Wildman–Crippen MR) is 88.9 cm³/mol. The quantitative estimate of drug-likeness (QED) is 0.545. The Kier molecular flexibility index (Phi) is 8.17. The lowest BCUT2D eigenvalue weighted by Crippen LogP contribution is -2.30. The van der Waals surface area contributed by atoms with Crippen molar-refractivity contribution >= 4 is 0 Å². The van der Waals surface area contributed by atoms with Crippen molar-refractivity contribution in [2.75, 3.05) is 0 Å². The highest BCUT2D eigenvalue weighted by Crippen LogP contribution is 2.41. The lowest BCUT2D eigenvalue weighted by Gasteiger charge is -2.38. The summed E-state index contributed by atoms with van der Waals surface area (Å²) in [4.78, 5) is 0. The maximum Gasteiger partial charge on any atom is 0.0568 e. The SMILES string of the molecule is CCCCCCCCC(O)C1CCC(C(C)(C)C)CC1. The Labute approximate surface area is 127 Å². The summed E-state index contributed by atoms with van der Waals surface area (Å²) in [6.07, 6.45) is 14.1. The summed E-state index contributed by atoms with van der Waals surface area (Å²) in [6, 6.07) is 0. The van der Waals surface area contributed by atoms with Crippen LogP contribution in [0, 0.1) is 17.3 Å². The van der Waals surface area contributed by atoms with Crippen LogP contribution in [0.25, 0.3) is 0 Å². The van der Waals surface area contributed by atoms with Gasteiger partial charge in [0.25, 0.3) is 0 Å². The van der Waals surface area contributed by atoms with Gasteiger partial charge in [0.1, 0.15) is 0 Å². The second kappa shape index (κ2) is 9.07. The molecule has 20 heavy (non-hydrogen) atoms. The second-order valence-electron chi connectivity index (χ2n) is 8.10. The molecule has 1 heteroatoms. The van der Waals surface area contributed by atoms with Gasteiger partial charge in [-0.05, 0) is 49.4 Å². The Morgan fingerprint density at radius 3 is 2.00 bits per heavy atom. The fraction of sp³-hybridized carbons (Fsp3) is 1.00. The van der Waals surface area contributed by atoms with Crippen LogP contribution >= 0.6 is 0 Å². The molecule has 1 saturated carbocycles. The van der Waals surface area contributed by atoms with Crippen molar-refractivity contribution < 1.29 is 5.11 Å². The van der Waals surface area contributed by atoms with Gasteiger partial charge < -0.3 is 5.11 Å². The minimum atomic E-state index is -0.0258. The Morgan fingerprint density at radius 1 is 0.900 bits per heavy atom. The van der Waals surface area contributed by atoms with Crippen molar-refractivity contribution in [3.05, 3.63) is 0 Å². The first-order valence-electron chi connectivity index (χ1n) is 9.13. The van der Waals surface area contributed by atoms with Gasteiger partial charge in [-0.15, -0.1) is 0 Å². The number of rotatable bonds is 8. The Bertz CT molecular complexity index is 233. The molecule has 0 amide bonds. The smallest absolute Gasteiger partial charge is 0.0568 e. The lowest BCUT2D eigenvalue weighted by atomic mass is 9.68. The first-order valence-corrected chi connectivity index (χ1v) is 9.13. The van der Waals surface area contributed by atoms with Gasteiger partial charge in [0, 0.05) is 0 Å². The summed E-state index contributed by atoms with van der Waals surface area (Å²) in [5.74, 6) is 1.45. The normalized spacial score (nSPS) is 25.6. The van der Waals surface area contributed by atoms with Crippen molar-refractivity contribution in [2.24, 2.45) is 17.3 Å². The molecule has 0 bridgehead atoms. The van der Waals surface area contributed by atoms with E-state index in [1.165, 1.54) is 64.2 Å². The predicted octanol–water partition coefficient (Wildman–Crippen LogP) is 5.95. The maximum absolute atomic E-state index is 10.4. The van der Waals surface area contributed by atoms with Gasteiger partial charge in [0.15, 0.2) is 0 Å². The van der Waals surface area contributed by atoms with Crippen molar-refractivity contribution in [1.82, 2.24) is 0 Å². The molecule has 1 N–H and O–H groups in total. The molecule has 1 unspecified atom stereocenters. The van der Waals surface area contributed by atoms with Gasteiger partial charge >= 0.3 is 0 Å². The van der Waals surface area contributed by atoms with Gasteiger partial charge in [-0.1, -0.05) is 66.2 Å². The number of aliphatic hydroxyl groups is 1. The zero-order chi connectivity index (χ0) is 15.0. The molecule has 0 aromatic rings. The van der Waals surface area contributed by atoms with E-state index in [1.807, 2.05) is 0 Å². The zero-order valence-electron chi connectivity index (χ0n) is 14.5. The molecule has 1 aliphatic carbocycles. The number of aliphatic hydroxyl groups excluding tert-OH is 1. The second-order valence-corrected chi connectivity index (χ2v) is 8.10. The molecule has 0 heterocycles.